The van der Waals surface area contributed by atoms with E-state index < -0.39 is 0 Å². The van der Waals surface area contributed by atoms with Gasteiger partial charge < -0.3 is 15.3 Å². The van der Waals surface area contributed by atoms with Crippen molar-refractivity contribution in [2.24, 2.45) is 0 Å². The number of anilines is 1. The molecule has 1 fully saturated rings. The number of aldehydes is 1. The molecule has 0 atom stereocenters. The molecule has 0 saturated carbocycles. The summed E-state index contributed by atoms with van der Waals surface area (Å²) in [6.45, 7) is 4.16. The van der Waals surface area contributed by atoms with E-state index in [-0.39, 0.29) is 0 Å². The van der Waals surface area contributed by atoms with E-state index >= 15 is 0 Å². The lowest BCUT2D eigenvalue weighted by Gasteiger charge is -2.29. The molecule has 0 bridgehead atoms. The van der Waals surface area contributed by atoms with Gasteiger partial charge in [0.1, 0.15) is 6.29 Å². The normalized spacial score (nSPS) is 15.0. The van der Waals surface area contributed by atoms with Gasteiger partial charge in [-0.05, 0) is 24.3 Å². The van der Waals surface area contributed by atoms with Crippen LogP contribution in [-0.4, -0.2) is 44.7 Å². The van der Waals surface area contributed by atoms with Gasteiger partial charge in [0.25, 0.3) is 0 Å². The largest absolute Gasteiger partial charge is 0.400 e. The van der Waals surface area contributed by atoms with Crippen LogP contribution in [-0.2, 0) is 0 Å². The summed E-state index contributed by atoms with van der Waals surface area (Å²) < 4.78 is 0. The molecule has 1 saturated heterocycles. The predicted molar refractivity (Wildman–Crippen MR) is 65.1 cm³/mol. The molecule has 0 aliphatic carbocycles. The quantitative estimate of drug-likeness (QED) is 0.716. The summed E-state index contributed by atoms with van der Waals surface area (Å²) in [6, 6.07) is 7.75. The molecule has 0 unspecified atom stereocenters. The first-order valence-corrected chi connectivity index (χ1v) is 5.36. The lowest BCUT2D eigenvalue weighted by atomic mass is 10.2. The van der Waals surface area contributed by atoms with Crippen LogP contribution < -0.4 is 10.2 Å². The number of carbonyl (C=O) groups is 1. The zero-order valence-electron chi connectivity index (χ0n) is 9.52. The third-order valence-corrected chi connectivity index (χ3v) is 2.51. The van der Waals surface area contributed by atoms with E-state index in [4.69, 9.17) is 5.11 Å². The minimum Gasteiger partial charge on any atom is -0.400 e. The number of piperazine rings is 1. The third-order valence-electron chi connectivity index (χ3n) is 2.51. The Balaban J connectivity index is 0.000000606. The van der Waals surface area contributed by atoms with E-state index in [0.717, 1.165) is 45.1 Å². The van der Waals surface area contributed by atoms with Gasteiger partial charge >= 0.3 is 0 Å². The van der Waals surface area contributed by atoms with Crippen LogP contribution in [0.1, 0.15) is 10.4 Å². The fourth-order valence-electron chi connectivity index (χ4n) is 1.69. The zero-order valence-corrected chi connectivity index (χ0v) is 9.52. The minimum absolute atomic E-state index is 0.740. The van der Waals surface area contributed by atoms with Gasteiger partial charge in [0.2, 0.25) is 0 Å². The molecule has 1 heterocycles. The number of carbonyl (C=O) groups excluding carboxylic acids is 1. The molecule has 0 amide bonds. The fraction of sp³-hybridized carbons (Fsp3) is 0.417. The number of hydrogen-bond donors (Lipinski definition) is 2. The van der Waals surface area contributed by atoms with Gasteiger partial charge in [-0.15, -0.1) is 0 Å². The molecule has 0 spiro atoms. The molecule has 4 heteroatoms. The maximum Gasteiger partial charge on any atom is 0.150 e. The summed E-state index contributed by atoms with van der Waals surface area (Å²) in [7, 11) is 1.00. The summed E-state index contributed by atoms with van der Waals surface area (Å²) in [5.41, 5.74) is 1.95. The Morgan fingerprint density at radius 2 is 1.75 bits per heavy atom. The van der Waals surface area contributed by atoms with Crippen LogP contribution in [0, 0.1) is 0 Å². The Kier molecular flexibility index (Phi) is 5.53. The highest BCUT2D eigenvalue weighted by Gasteiger charge is 2.09. The van der Waals surface area contributed by atoms with Crippen molar-refractivity contribution in [3.63, 3.8) is 0 Å². The summed E-state index contributed by atoms with van der Waals surface area (Å²) >= 11 is 0. The second-order valence-electron chi connectivity index (χ2n) is 3.45. The highest BCUT2D eigenvalue weighted by Crippen LogP contribution is 2.14. The van der Waals surface area contributed by atoms with Gasteiger partial charge in [0.05, 0.1) is 0 Å². The Morgan fingerprint density at radius 3 is 2.25 bits per heavy atom. The first-order valence-electron chi connectivity index (χ1n) is 5.36. The van der Waals surface area contributed by atoms with Crippen LogP contribution in [0.15, 0.2) is 24.3 Å². The van der Waals surface area contributed by atoms with Crippen molar-refractivity contribution in [3.05, 3.63) is 29.8 Å². The second kappa shape index (κ2) is 6.98. The van der Waals surface area contributed by atoms with Gasteiger partial charge in [-0.25, -0.2) is 0 Å². The Labute approximate surface area is 95.9 Å². The van der Waals surface area contributed by atoms with E-state index in [9.17, 15) is 4.79 Å². The predicted octanol–water partition coefficient (Wildman–Crippen LogP) is 0.517. The molecular weight excluding hydrogens is 204 g/mol. The van der Waals surface area contributed by atoms with Crippen molar-refractivity contribution in [1.82, 2.24) is 5.32 Å². The van der Waals surface area contributed by atoms with Crippen LogP contribution in [0.25, 0.3) is 0 Å². The van der Waals surface area contributed by atoms with Crippen molar-refractivity contribution < 1.29 is 9.90 Å². The highest BCUT2D eigenvalue weighted by molar-refractivity contribution is 5.75. The van der Waals surface area contributed by atoms with Crippen LogP contribution in [0.4, 0.5) is 5.69 Å². The van der Waals surface area contributed by atoms with Gasteiger partial charge in [-0.2, -0.15) is 0 Å². The average molecular weight is 222 g/mol. The summed E-state index contributed by atoms with van der Waals surface area (Å²) in [5, 5.41) is 10.3. The van der Waals surface area contributed by atoms with Gasteiger partial charge in [0.15, 0.2) is 0 Å². The lowest BCUT2D eigenvalue weighted by Crippen LogP contribution is -2.43. The van der Waals surface area contributed by atoms with E-state index in [2.05, 4.69) is 10.2 Å². The van der Waals surface area contributed by atoms with Crippen LogP contribution >= 0.6 is 0 Å². The van der Waals surface area contributed by atoms with Crippen LogP contribution in [0.3, 0.4) is 0 Å². The molecule has 2 rings (SSSR count). The first-order chi connectivity index (χ1) is 7.90. The standard InChI is InChI=1S/C11H14N2O.CH4O/c14-9-10-1-3-11(4-2-10)13-7-5-12-6-8-13;1-2/h1-4,9,12H,5-8H2;2H,1H3. The van der Waals surface area contributed by atoms with Gasteiger partial charge in [-0.3, -0.25) is 4.79 Å². The minimum atomic E-state index is 0.740. The number of nitrogens with one attached hydrogen (secondary N) is 1. The molecule has 1 aliphatic heterocycles. The molecule has 16 heavy (non-hydrogen) atoms. The second-order valence-corrected chi connectivity index (χ2v) is 3.45. The van der Waals surface area contributed by atoms with E-state index in [1.807, 2.05) is 24.3 Å². The fourth-order valence-corrected chi connectivity index (χ4v) is 1.69. The number of benzene rings is 1. The molecule has 0 aromatic heterocycles. The maximum atomic E-state index is 10.5. The summed E-state index contributed by atoms with van der Waals surface area (Å²) in [4.78, 5) is 12.8. The molecule has 0 radical (unpaired) electrons. The summed E-state index contributed by atoms with van der Waals surface area (Å²) in [6.07, 6.45) is 0.877. The number of hydrogen-bond acceptors (Lipinski definition) is 4. The maximum absolute atomic E-state index is 10.5. The van der Waals surface area contributed by atoms with Crippen molar-refractivity contribution in [2.75, 3.05) is 38.2 Å². The van der Waals surface area contributed by atoms with Gasteiger partial charge in [-0.1, -0.05) is 0 Å². The molecule has 1 aromatic carbocycles. The van der Waals surface area contributed by atoms with Crippen molar-refractivity contribution in [2.45, 2.75) is 0 Å². The topological polar surface area (TPSA) is 52.6 Å². The number of aliphatic hydroxyl groups is 1. The molecule has 4 nitrogen and oxygen atoms in total. The summed E-state index contributed by atoms with van der Waals surface area (Å²) in [5.74, 6) is 0. The van der Waals surface area contributed by atoms with Crippen LogP contribution in [0.5, 0.6) is 0 Å². The zero-order chi connectivity index (χ0) is 11.8. The van der Waals surface area contributed by atoms with Crippen molar-refractivity contribution in [3.8, 4) is 0 Å². The lowest BCUT2D eigenvalue weighted by molar-refractivity contribution is 0.112. The number of nitrogens with zero attached hydrogens (tertiary/aromatic N) is 1. The van der Waals surface area contributed by atoms with E-state index in [1.54, 1.807) is 0 Å². The Hall–Kier alpha value is -1.39. The molecule has 1 aromatic rings. The highest BCUT2D eigenvalue weighted by atomic mass is 16.2. The smallest absolute Gasteiger partial charge is 0.150 e. The van der Waals surface area contributed by atoms with Gasteiger partial charge in [0, 0.05) is 44.5 Å². The number of rotatable bonds is 2. The molecule has 1 aliphatic rings. The SMILES string of the molecule is CO.O=Cc1ccc(N2CCNCC2)cc1. The molecule has 88 valence electrons. The van der Waals surface area contributed by atoms with Crippen molar-refractivity contribution >= 4 is 12.0 Å². The number of aliphatic hydroxyl groups excluding tert-OH is 1. The average Bonchev–Trinajstić information content (AvgIpc) is 2.42. The molecular formula is C12H18N2O2. The van der Waals surface area contributed by atoms with E-state index in [0.29, 0.717) is 0 Å². The first kappa shape index (κ1) is 12.7. The van der Waals surface area contributed by atoms with Crippen LogP contribution in [0.2, 0.25) is 0 Å². The van der Waals surface area contributed by atoms with E-state index in [1.165, 1.54) is 5.69 Å². The molecule has 2 N–H and O–H groups in total. The Bertz CT molecular complexity index is 305. The van der Waals surface area contributed by atoms with Crippen molar-refractivity contribution in [1.29, 1.82) is 0 Å². The Morgan fingerprint density at radius 1 is 1.19 bits per heavy atom. The third kappa shape index (κ3) is 3.32. The monoisotopic (exact) mass is 222 g/mol.